The molecule has 0 radical (unpaired) electrons. The summed E-state index contributed by atoms with van der Waals surface area (Å²) in [7, 11) is 0. The van der Waals surface area contributed by atoms with Gasteiger partial charge in [0.05, 0.1) is 29.6 Å². The van der Waals surface area contributed by atoms with Gasteiger partial charge in [-0.15, -0.1) is 0 Å². The molecule has 10 nitrogen and oxygen atoms in total. The van der Waals surface area contributed by atoms with Crippen LogP contribution in [0.15, 0.2) is 41.6 Å². The molecule has 166 valence electrons. The average molecular weight is 436 g/mol. The SMILES string of the molecule is NC(=O)c1ccccc1-n1ncc2c(=O)n(CC3(O)CCN(C(=O)C4CC4)CC3)cnc21. The Morgan fingerprint density at radius 1 is 1.19 bits per heavy atom. The third-order valence-electron chi connectivity index (χ3n) is 6.35. The molecule has 0 bridgehead atoms. The molecule has 1 aliphatic carbocycles. The molecule has 2 amide bonds. The molecule has 1 saturated heterocycles. The second kappa shape index (κ2) is 7.56. The van der Waals surface area contributed by atoms with Gasteiger partial charge in [-0.05, 0) is 37.8 Å². The van der Waals surface area contributed by atoms with Crippen LogP contribution in [0.25, 0.3) is 16.7 Å². The van der Waals surface area contributed by atoms with Crippen molar-refractivity contribution in [3.05, 3.63) is 52.7 Å². The number of benzene rings is 1. The molecule has 3 N–H and O–H groups in total. The molecule has 32 heavy (non-hydrogen) atoms. The van der Waals surface area contributed by atoms with Crippen molar-refractivity contribution in [3.63, 3.8) is 0 Å². The Morgan fingerprint density at radius 3 is 2.59 bits per heavy atom. The number of nitrogens with zero attached hydrogens (tertiary/aromatic N) is 5. The van der Waals surface area contributed by atoms with Gasteiger partial charge in [-0.2, -0.15) is 5.10 Å². The van der Waals surface area contributed by atoms with E-state index in [-0.39, 0.29) is 34.9 Å². The summed E-state index contributed by atoms with van der Waals surface area (Å²) in [6.07, 6.45) is 5.51. The first-order chi connectivity index (χ1) is 15.4. The molecule has 3 heterocycles. The van der Waals surface area contributed by atoms with Crippen molar-refractivity contribution in [3.8, 4) is 5.69 Å². The van der Waals surface area contributed by atoms with Gasteiger partial charge in [0.25, 0.3) is 11.5 Å². The number of amides is 2. The van der Waals surface area contributed by atoms with Crippen LogP contribution in [0.5, 0.6) is 0 Å². The number of carbonyl (C=O) groups is 2. The Kier molecular flexibility index (Phi) is 4.81. The maximum Gasteiger partial charge on any atom is 0.264 e. The molecule has 2 aromatic heterocycles. The first kappa shape index (κ1) is 20.4. The van der Waals surface area contributed by atoms with Crippen molar-refractivity contribution in [2.24, 2.45) is 11.7 Å². The number of piperidine rings is 1. The fourth-order valence-corrected chi connectivity index (χ4v) is 4.31. The van der Waals surface area contributed by atoms with Crippen molar-refractivity contribution in [1.29, 1.82) is 0 Å². The number of hydrogen-bond acceptors (Lipinski definition) is 6. The van der Waals surface area contributed by atoms with Crippen LogP contribution < -0.4 is 11.3 Å². The highest BCUT2D eigenvalue weighted by atomic mass is 16.3. The molecule has 2 aliphatic rings. The predicted octanol–water partition coefficient (Wildman–Crippen LogP) is 0.445. The first-order valence-corrected chi connectivity index (χ1v) is 10.7. The van der Waals surface area contributed by atoms with Gasteiger partial charge >= 0.3 is 0 Å². The molecule has 10 heteroatoms. The molecule has 0 spiro atoms. The monoisotopic (exact) mass is 436 g/mol. The van der Waals surface area contributed by atoms with E-state index in [9.17, 15) is 19.5 Å². The van der Waals surface area contributed by atoms with Crippen LogP contribution in [0.2, 0.25) is 0 Å². The van der Waals surface area contributed by atoms with Gasteiger partial charge in [0.15, 0.2) is 5.65 Å². The lowest BCUT2D eigenvalue weighted by Crippen LogP contribution is -2.50. The maximum absolute atomic E-state index is 13.1. The Labute approximate surface area is 183 Å². The number of aromatic nitrogens is 4. The zero-order valence-corrected chi connectivity index (χ0v) is 17.5. The number of primary amides is 1. The van der Waals surface area contributed by atoms with E-state index >= 15 is 0 Å². The molecule has 0 atom stereocenters. The third kappa shape index (κ3) is 3.56. The fraction of sp³-hybridized carbons (Fsp3) is 0.409. The molecule has 3 aromatic rings. The van der Waals surface area contributed by atoms with Gasteiger partial charge in [0, 0.05) is 19.0 Å². The quantitative estimate of drug-likeness (QED) is 0.596. The van der Waals surface area contributed by atoms with Crippen LogP contribution in [0, 0.1) is 5.92 Å². The number of fused-ring (bicyclic) bond motifs is 1. The molecular weight excluding hydrogens is 412 g/mol. The Hall–Kier alpha value is -3.53. The van der Waals surface area contributed by atoms with Crippen molar-refractivity contribution in [2.75, 3.05) is 13.1 Å². The van der Waals surface area contributed by atoms with E-state index in [1.54, 1.807) is 24.3 Å². The van der Waals surface area contributed by atoms with Crippen LogP contribution in [-0.4, -0.2) is 59.8 Å². The minimum atomic E-state index is -1.09. The average Bonchev–Trinajstić information content (AvgIpc) is 3.55. The minimum absolute atomic E-state index is 0.0866. The van der Waals surface area contributed by atoms with Crippen LogP contribution in [-0.2, 0) is 11.3 Å². The fourth-order valence-electron chi connectivity index (χ4n) is 4.31. The number of rotatable bonds is 5. The summed E-state index contributed by atoms with van der Waals surface area (Å²) >= 11 is 0. The first-order valence-electron chi connectivity index (χ1n) is 10.7. The van der Waals surface area contributed by atoms with Crippen LogP contribution >= 0.6 is 0 Å². The summed E-state index contributed by atoms with van der Waals surface area (Å²) in [6, 6.07) is 6.70. The zero-order valence-electron chi connectivity index (χ0n) is 17.5. The Balaban J connectivity index is 1.40. The second-order valence-corrected chi connectivity index (χ2v) is 8.68. The third-order valence-corrected chi connectivity index (χ3v) is 6.35. The van der Waals surface area contributed by atoms with E-state index < -0.39 is 11.5 Å². The molecule has 0 unspecified atom stereocenters. The van der Waals surface area contributed by atoms with E-state index in [0.29, 0.717) is 37.3 Å². The summed E-state index contributed by atoms with van der Waals surface area (Å²) in [5.74, 6) is -0.270. The number of para-hydroxylation sites is 1. The van der Waals surface area contributed by atoms with E-state index in [0.717, 1.165) is 12.8 Å². The van der Waals surface area contributed by atoms with Crippen molar-refractivity contribution in [2.45, 2.75) is 37.8 Å². The largest absolute Gasteiger partial charge is 0.388 e. The predicted molar refractivity (Wildman–Crippen MR) is 115 cm³/mol. The van der Waals surface area contributed by atoms with E-state index in [1.807, 2.05) is 4.90 Å². The smallest absolute Gasteiger partial charge is 0.264 e. The van der Waals surface area contributed by atoms with Gasteiger partial charge in [-0.1, -0.05) is 12.1 Å². The van der Waals surface area contributed by atoms with Crippen molar-refractivity contribution >= 4 is 22.8 Å². The number of carbonyl (C=O) groups excluding carboxylic acids is 2. The molecule has 1 aliphatic heterocycles. The normalized spacial score (nSPS) is 18.1. The topological polar surface area (TPSA) is 136 Å². The highest BCUT2D eigenvalue weighted by Crippen LogP contribution is 2.33. The van der Waals surface area contributed by atoms with Crippen LogP contribution in [0.1, 0.15) is 36.0 Å². The van der Waals surface area contributed by atoms with Gasteiger partial charge in [-0.25, -0.2) is 9.67 Å². The molecule has 5 rings (SSSR count). The Bertz CT molecular complexity index is 1270. The van der Waals surface area contributed by atoms with Gasteiger partial charge in [0.1, 0.15) is 11.7 Å². The Morgan fingerprint density at radius 2 is 1.91 bits per heavy atom. The molecule has 2 fully saturated rings. The second-order valence-electron chi connectivity index (χ2n) is 8.68. The van der Waals surface area contributed by atoms with Crippen LogP contribution in [0.3, 0.4) is 0 Å². The standard InChI is InChI=1S/C22H24N6O4/c23-18(29)15-3-1-2-4-17(15)28-19-16(11-25-28)21(31)27(13-24-19)12-22(32)7-9-26(10-8-22)20(30)14-5-6-14/h1-4,11,13-14,32H,5-10,12H2,(H2,23,29). The maximum atomic E-state index is 13.1. The summed E-state index contributed by atoms with van der Waals surface area (Å²) in [5, 5.41) is 15.6. The number of likely N-dealkylation sites (tertiary alicyclic amines) is 1. The van der Waals surface area contributed by atoms with Crippen molar-refractivity contribution in [1.82, 2.24) is 24.2 Å². The van der Waals surface area contributed by atoms with E-state index in [4.69, 9.17) is 5.73 Å². The summed E-state index contributed by atoms with van der Waals surface area (Å²) < 4.78 is 2.80. The zero-order chi connectivity index (χ0) is 22.5. The highest BCUT2D eigenvalue weighted by Gasteiger charge is 2.39. The van der Waals surface area contributed by atoms with Crippen LogP contribution in [0.4, 0.5) is 0 Å². The van der Waals surface area contributed by atoms with Gasteiger partial charge in [0.2, 0.25) is 5.91 Å². The number of nitrogens with two attached hydrogens (primary N) is 1. The lowest BCUT2D eigenvalue weighted by molar-refractivity contribution is -0.137. The summed E-state index contributed by atoms with van der Waals surface area (Å²) in [6.45, 7) is 1.06. The summed E-state index contributed by atoms with van der Waals surface area (Å²) in [4.78, 5) is 43.3. The van der Waals surface area contributed by atoms with Gasteiger partial charge < -0.3 is 15.7 Å². The highest BCUT2D eigenvalue weighted by molar-refractivity contribution is 5.97. The van der Waals surface area contributed by atoms with E-state index in [2.05, 4.69) is 10.1 Å². The lowest BCUT2D eigenvalue weighted by Gasteiger charge is -2.38. The molecule has 1 aromatic carbocycles. The number of aliphatic hydroxyl groups is 1. The van der Waals surface area contributed by atoms with E-state index in [1.165, 1.54) is 21.8 Å². The lowest BCUT2D eigenvalue weighted by atomic mass is 9.91. The van der Waals surface area contributed by atoms with Crippen molar-refractivity contribution < 1.29 is 14.7 Å². The van der Waals surface area contributed by atoms with Gasteiger partial charge in [-0.3, -0.25) is 19.0 Å². The molecular formula is C22H24N6O4. The minimum Gasteiger partial charge on any atom is -0.388 e. The summed E-state index contributed by atoms with van der Waals surface area (Å²) in [5.41, 5.74) is 5.05. The molecule has 1 saturated carbocycles. The number of hydrogen-bond donors (Lipinski definition) is 2.